The Morgan fingerprint density at radius 1 is 1.50 bits per heavy atom. The van der Waals surface area contributed by atoms with Crippen LogP contribution in [0.4, 0.5) is 0 Å². The van der Waals surface area contributed by atoms with E-state index in [1.807, 2.05) is 0 Å². The molecule has 0 radical (unpaired) electrons. The van der Waals surface area contributed by atoms with E-state index in [9.17, 15) is 0 Å². The van der Waals surface area contributed by atoms with Crippen molar-refractivity contribution in [2.75, 3.05) is 0 Å². The van der Waals surface area contributed by atoms with Gasteiger partial charge in [-0.15, -0.1) is 0 Å². The van der Waals surface area contributed by atoms with E-state index in [-0.39, 0.29) is 0 Å². The van der Waals surface area contributed by atoms with Crippen molar-refractivity contribution in [2.24, 2.45) is 0 Å². The Balaban J connectivity index is 2.57. The van der Waals surface area contributed by atoms with E-state index in [0.29, 0.717) is 0 Å². The minimum Gasteiger partial charge on any atom is -0.0814 e. The average molecular weight is 173 g/mol. The Hall–Kier alpha value is -0.0400. The van der Waals surface area contributed by atoms with Crippen LogP contribution >= 0.6 is 15.9 Å². The standard InChI is InChI=1S/C7H9Br/c1-6-3-2-4-7(8)5-6/h3-4H,2,5H2,1H3. The molecule has 1 aliphatic rings. The van der Waals surface area contributed by atoms with Crippen molar-refractivity contribution < 1.29 is 0 Å². The summed E-state index contributed by atoms with van der Waals surface area (Å²) in [7, 11) is 0. The average Bonchev–Trinajstić information content (AvgIpc) is 1.64. The molecule has 0 aliphatic heterocycles. The number of rotatable bonds is 0. The molecule has 1 aliphatic carbocycles. The highest BCUT2D eigenvalue weighted by molar-refractivity contribution is 9.11. The summed E-state index contributed by atoms with van der Waals surface area (Å²) in [5, 5.41) is 0. The third kappa shape index (κ3) is 1.48. The van der Waals surface area contributed by atoms with Gasteiger partial charge in [0, 0.05) is 0 Å². The lowest BCUT2D eigenvalue weighted by Gasteiger charge is -2.04. The second-order valence-electron chi connectivity index (χ2n) is 2.11. The van der Waals surface area contributed by atoms with Crippen LogP contribution in [-0.4, -0.2) is 0 Å². The molecule has 0 saturated heterocycles. The second-order valence-corrected chi connectivity index (χ2v) is 3.13. The van der Waals surface area contributed by atoms with E-state index in [1.54, 1.807) is 0 Å². The van der Waals surface area contributed by atoms with E-state index in [4.69, 9.17) is 0 Å². The van der Waals surface area contributed by atoms with E-state index >= 15 is 0 Å². The van der Waals surface area contributed by atoms with Crippen molar-refractivity contribution in [3.63, 3.8) is 0 Å². The topological polar surface area (TPSA) is 0 Å². The first kappa shape index (κ1) is 6.09. The van der Waals surface area contributed by atoms with Crippen LogP contribution in [0.2, 0.25) is 0 Å². The molecule has 0 fully saturated rings. The maximum atomic E-state index is 3.45. The van der Waals surface area contributed by atoms with Crippen molar-refractivity contribution in [1.29, 1.82) is 0 Å². The lowest BCUT2D eigenvalue weighted by atomic mass is 10.1. The van der Waals surface area contributed by atoms with Gasteiger partial charge in [0.1, 0.15) is 0 Å². The van der Waals surface area contributed by atoms with Crippen molar-refractivity contribution in [3.05, 3.63) is 22.2 Å². The van der Waals surface area contributed by atoms with Crippen LogP contribution in [0.1, 0.15) is 19.8 Å². The molecule has 0 bridgehead atoms. The molecule has 44 valence electrons. The summed E-state index contributed by atoms with van der Waals surface area (Å²) in [5.74, 6) is 0. The maximum absolute atomic E-state index is 3.45. The number of hydrogen-bond acceptors (Lipinski definition) is 0. The van der Waals surface area contributed by atoms with Gasteiger partial charge in [-0.3, -0.25) is 0 Å². The van der Waals surface area contributed by atoms with E-state index in [2.05, 4.69) is 35.0 Å². The van der Waals surface area contributed by atoms with Crippen molar-refractivity contribution in [2.45, 2.75) is 19.8 Å². The molecule has 0 aromatic heterocycles. The molecule has 0 heterocycles. The van der Waals surface area contributed by atoms with Crippen LogP contribution in [0, 0.1) is 0 Å². The number of allylic oxidation sites excluding steroid dienone is 4. The summed E-state index contributed by atoms with van der Waals surface area (Å²) in [5.41, 5.74) is 1.47. The molecular formula is C7H9Br. The number of hydrogen-bond donors (Lipinski definition) is 0. The molecule has 0 amide bonds. The predicted octanol–water partition coefficient (Wildman–Crippen LogP) is 3.01. The van der Waals surface area contributed by atoms with Crippen LogP contribution < -0.4 is 0 Å². The Bertz CT molecular complexity index is 126. The zero-order valence-electron chi connectivity index (χ0n) is 4.95. The fourth-order valence-corrected chi connectivity index (χ4v) is 1.43. The van der Waals surface area contributed by atoms with Gasteiger partial charge in [0.15, 0.2) is 0 Å². The highest BCUT2D eigenvalue weighted by Crippen LogP contribution is 2.21. The van der Waals surface area contributed by atoms with Crippen molar-refractivity contribution in [3.8, 4) is 0 Å². The summed E-state index contributed by atoms with van der Waals surface area (Å²) in [6, 6.07) is 0. The first-order chi connectivity index (χ1) is 3.79. The van der Waals surface area contributed by atoms with E-state index in [1.165, 1.54) is 10.1 Å². The largest absolute Gasteiger partial charge is 0.0814 e. The molecule has 0 saturated carbocycles. The van der Waals surface area contributed by atoms with Gasteiger partial charge >= 0.3 is 0 Å². The van der Waals surface area contributed by atoms with Crippen LogP contribution in [0.5, 0.6) is 0 Å². The van der Waals surface area contributed by atoms with Crippen LogP contribution in [0.15, 0.2) is 22.2 Å². The lowest BCUT2D eigenvalue weighted by molar-refractivity contribution is 1.10. The van der Waals surface area contributed by atoms with Gasteiger partial charge in [0.2, 0.25) is 0 Å². The first-order valence-electron chi connectivity index (χ1n) is 2.79. The minimum atomic E-state index is 1.10. The molecule has 1 heteroatoms. The van der Waals surface area contributed by atoms with Gasteiger partial charge in [-0.05, 0) is 24.2 Å². The summed E-state index contributed by atoms with van der Waals surface area (Å²) in [6.45, 7) is 2.16. The Morgan fingerprint density at radius 2 is 2.25 bits per heavy atom. The molecule has 0 aromatic carbocycles. The highest BCUT2D eigenvalue weighted by atomic mass is 79.9. The number of halogens is 1. The summed E-state index contributed by atoms with van der Waals surface area (Å²) in [4.78, 5) is 0. The SMILES string of the molecule is CC1=CCC=C(Br)C1. The monoisotopic (exact) mass is 172 g/mol. The maximum Gasteiger partial charge on any atom is -0.000644 e. The predicted molar refractivity (Wildman–Crippen MR) is 40.0 cm³/mol. The normalized spacial score (nSPS) is 19.8. The van der Waals surface area contributed by atoms with Gasteiger partial charge in [-0.2, -0.15) is 0 Å². The molecule has 0 N–H and O–H groups in total. The van der Waals surface area contributed by atoms with Crippen LogP contribution in [0.3, 0.4) is 0 Å². The summed E-state index contributed by atoms with van der Waals surface area (Å²) >= 11 is 3.45. The van der Waals surface area contributed by atoms with E-state index < -0.39 is 0 Å². The first-order valence-corrected chi connectivity index (χ1v) is 3.58. The smallest absolute Gasteiger partial charge is 0.000644 e. The zero-order valence-corrected chi connectivity index (χ0v) is 6.53. The third-order valence-corrected chi connectivity index (χ3v) is 1.86. The minimum absolute atomic E-state index is 1.10. The lowest BCUT2D eigenvalue weighted by Crippen LogP contribution is -1.82. The molecule has 0 unspecified atom stereocenters. The second kappa shape index (κ2) is 2.49. The van der Waals surface area contributed by atoms with Crippen molar-refractivity contribution in [1.82, 2.24) is 0 Å². The summed E-state index contributed by atoms with van der Waals surface area (Å²) in [6.07, 6.45) is 6.67. The molecule has 0 nitrogen and oxygen atoms in total. The third-order valence-electron chi connectivity index (χ3n) is 1.25. The van der Waals surface area contributed by atoms with Gasteiger partial charge in [0.25, 0.3) is 0 Å². The fourth-order valence-electron chi connectivity index (χ4n) is 0.799. The summed E-state index contributed by atoms with van der Waals surface area (Å²) < 4.78 is 1.33. The van der Waals surface area contributed by atoms with Crippen LogP contribution in [0.25, 0.3) is 0 Å². The van der Waals surface area contributed by atoms with Crippen LogP contribution in [-0.2, 0) is 0 Å². The van der Waals surface area contributed by atoms with Gasteiger partial charge in [0.05, 0.1) is 0 Å². The molecule has 0 atom stereocenters. The molecule has 0 aromatic rings. The molecule has 8 heavy (non-hydrogen) atoms. The molecular weight excluding hydrogens is 164 g/mol. The van der Waals surface area contributed by atoms with Crippen molar-refractivity contribution >= 4 is 15.9 Å². The van der Waals surface area contributed by atoms with Gasteiger partial charge in [-0.25, -0.2) is 0 Å². The zero-order chi connectivity index (χ0) is 5.98. The quantitative estimate of drug-likeness (QED) is 0.494. The highest BCUT2D eigenvalue weighted by Gasteiger charge is 1.97. The molecule has 0 spiro atoms. The van der Waals surface area contributed by atoms with E-state index in [0.717, 1.165) is 12.8 Å². The molecule has 1 rings (SSSR count). The Morgan fingerprint density at radius 3 is 2.62 bits per heavy atom. The van der Waals surface area contributed by atoms with Gasteiger partial charge in [-0.1, -0.05) is 33.7 Å². The van der Waals surface area contributed by atoms with Gasteiger partial charge < -0.3 is 0 Å². The Kier molecular flexibility index (Phi) is 1.90. The fraction of sp³-hybridized carbons (Fsp3) is 0.429. The Labute approximate surface area is 58.4 Å².